The van der Waals surface area contributed by atoms with Gasteiger partial charge in [0.1, 0.15) is 5.82 Å². The van der Waals surface area contributed by atoms with E-state index in [9.17, 15) is 12.8 Å². The maximum absolute atomic E-state index is 13.1. The summed E-state index contributed by atoms with van der Waals surface area (Å²) in [4.78, 5) is 1.94. The summed E-state index contributed by atoms with van der Waals surface area (Å²) in [6.45, 7) is 1.40. The fourth-order valence-corrected chi connectivity index (χ4v) is 3.94. The number of hydrogen-bond donors (Lipinski definition) is 1. The van der Waals surface area contributed by atoms with E-state index in [1.807, 2.05) is 18.0 Å². The van der Waals surface area contributed by atoms with Gasteiger partial charge in [0, 0.05) is 31.9 Å². The number of nitrogens with one attached hydrogen (secondary N) is 1. The zero-order valence-corrected chi connectivity index (χ0v) is 11.8. The van der Waals surface area contributed by atoms with Crippen molar-refractivity contribution in [3.8, 4) is 0 Å². The molecule has 0 amide bonds. The highest BCUT2D eigenvalue weighted by molar-refractivity contribution is 7.91. The van der Waals surface area contributed by atoms with Crippen LogP contribution >= 0.6 is 0 Å². The van der Waals surface area contributed by atoms with Crippen LogP contribution in [0.5, 0.6) is 0 Å². The number of benzene rings is 1. The Labute approximate surface area is 113 Å². The number of rotatable bonds is 5. The van der Waals surface area contributed by atoms with Crippen molar-refractivity contribution in [2.24, 2.45) is 0 Å². The zero-order valence-electron chi connectivity index (χ0n) is 11.0. The van der Waals surface area contributed by atoms with Gasteiger partial charge in [-0.1, -0.05) is 6.07 Å². The normalized spacial score (nSPS) is 21.5. The predicted octanol–water partition coefficient (Wildman–Crippen LogP) is 1.04. The highest BCUT2D eigenvalue weighted by atomic mass is 32.2. The van der Waals surface area contributed by atoms with Gasteiger partial charge in [0.25, 0.3) is 0 Å². The molecule has 0 bridgehead atoms. The monoisotopic (exact) mass is 286 g/mol. The van der Waals surface area contributed by atoms with Gasteiger partial charge in [-0.25, -0.2) is 12.8 Å². The van der Waals surface area contributed by atoms with Gasteiger partial charge < -0.3 is 10.2 Å². The van der Waals surface area contributed by atoms with Crippen LogP contribution in [-0.2, 0) is 9.84 Å². The van der Waals surface area contributed by atoms with E-state index in [0.717, 1.165) is 5.69 Å². The third-order valence-corrected chi connectivity index (χ3v) is 5.13. The first-order chi connectivity index (χ1) is 8.96. The number of halogens is 1. The van der Waals surface area contributed by atoms with E-state index in [0.29, 0.717) is 19.5 Å². The summed E-state index contributed by atoms with van der Waals surface area (Å²) in [6, 6.07) is 6.49. The molecule has 0 spiro atoms. The van der Waals surface area contributed by atoms with Crippen molar-refractivity contribution < 1.29 is 12.8 Å². The Balaban J connectivity index is 1.77. The van der Waals surface area contributed by atoms with Gasteiger partial charge in [-0.3, -0.25) is 0 Å². The van der Waals surface area contributed by atoms with Crippen LogP contribution in [0.1, 0.15) is 6.42 Å². The van der Waals surface area contributed by atoms with Gasteiger partial charge in [0.2, 0.25) is 0 Å². The summed E-state index contributed by atoms with van der Waals surface area (Å²) in [6.07, 6.45) is 0.687. The van der Waals surface area contributed by atoms with Crippen LogP contribution in [0.4, 0.5) is 10.1 Å². The van der Waals surface area contributed by atoms with Crippen molar-refractivity contribution in [2.75, 3.05) is 36.5 Å². The largest absolute Gasteiger partial charge is 0.373 e. The van der Waals surface area contributed by atoms with E-state index in [4.69, 9.17) is 0 Å². The van der Waals surface area contributed by atoms with E-state index < -0.39 is 9.84 Å². The predicted molar refractivity (Wildman–Crippen MR) is 74.7 cm³/mol. The van der Waals surface area contributed by atoms with Crippen molar-refractivity contribution in [2.45, 2.75) is 12.5 Å². The van der Waals surface area contributed by atoms with Crippen LogP contribution in [0.2, 0.25) is 0 Å². The molecule has 2 rings (SSSR count). The lowest BCUT2D eigenvalue weighted by Crippen LogP contribution is -2.36. The first-order valence-corrected chi connectivity index (χ1v) is 8.19. The minimum atomic E-state index is -2.83. The van der Waals surface area contributed by atoms with Crippen molar-refractivity contribution in [3.63, 3.8) is 0 Å². The molecule has 1 fully saturated rings. The highest BCUT2D eigenvalue weighted by Gasteiger charge is 2.27. The van der Waals surface area contributed by atoms with E-state index in [1.54, 1.807) is 6.07 Å². The van der Waals surface area contributed by atoms with Crippen molar-refractivity contribution in [1.82, 2.24) is 5.32 Å². The average molecular weight is 286 g/mol. The Bertz CT molecular complexity index is 533. The third-order valence-electron chi connectivity index (χ3n) is 3.36. The molecule has 1 heterocycles. The van der Waals surface area contributed by atoms with E-state index in [1.165, 1.54) is 12.1 Å². The second kappa shape index (κ2) is 5.88. The molecule has 1 aliphatic rings. The maximum Gasteiger partial charge on any atom is 0.151 e. The second-order valence-corrected chi connectivity index (χ2v) is 7.18. The summed E-state index contributed by atoms with van der Waals surface area (Å²) in [5.41, 5.74) is 0.820. The molecule has 1 N–H and O–H groups in total. The first-order valence-electron chi connectivity index (χ1n) is 6.37. The third kappa shape index (κ3) is 4.18. The van der Waals surface area contributed by atoms with Gasteiger partial charge in [0.05, 0.1) is 11.5 Å². The Morgan fingerprint density at radius 1 is 1.47 bits per heavy atom. The fourth-order valence-electron chi connectivity index (χ4n) is 2.24. The van der Waals surface area contributed by atoms with Crippen LogP contribution < -0.4 is 10.2 Å². The summed E-state index contributed by atoms with van der Waals surface area (Å²) in [7, 11) is -0.939. The molecule has 0 aromatic heterocycles. The van der Waals surface area contributed by atoms with Gasteiger partial charge in [0.15, 0.2) is 9.84 Å². The molecule has 1 atom stereocenters. The quantitative estimate of drug-likeness (QED) is 0.878. The Kier molecular flexibility index (Phi) is 4.42. The van der Waals surface area contributed by atoms with E-state index >= 15 is 0 Å². The van der Waals surface area contributed by atoms with Crippen LogP contribution in [-0.4, -0.2) is 46.1 Å². The number of anilines is 1. The Hall–Kier alpha value is -1.14. The van der Waals surface area contributed by atoms with Crippen LogP contribution in [0, 0.1) is 5.82 Å². The Morgan fingerprint density at radius 2 is 2.26 bits per heavy atom. The smallest absolute Gasteiger partial charge is 0.151 e. The molecule has 1 aromatic carbocycles. The van der Waals surface area contributed by atoms with Gasteiger partial charge in [-0.2, -0.15) is 0 Å². The molecule has 1 unspecified atom stereocenters. The second-order valence-electron chi connectivity index (χ2n) is 4.96. The maximum atomic E-state index is 13.1. The van der Waals surface area contributed by atoms with E-state index in [-0.39, 0.29) is 23.4 Å². The minimum absolute atomic E-state index is 0.0610. The van der Waals surface area contributed by atoms with Crippen LogP contribution in [0.25, 0.3) is 0 Å². The number of hydrogen-bond acceptors (Lipinski definition) is 4. The molecular formula is C13H19FN2O2S. The molecule has 6 heteroatoms. The molecule has 19 heavy (non-hydrogen) atoms. The molecule has 0 radical (unpaired) electrons. The van der Waals surface area contributed by atoms with Crippen LogP contribution in [0.15, 0.2) is 24.3 Å². The number of likely N-dealkylation sites (N-methyl/N-ethyl adjacent to an activating group) is 1. The topological polar surface area (TPSA) is 49.4 Å². The standard InChI is InChI=1S/C13H19FN2O2S/c1-16(13-4-2-3-11(14)9-13)7-6-15-12-5-8-19(17,18)10-12/h2-4,9,12,15H,5-8,10H2,1H3. The summed E-state index contributed by atoms with van der Waals surface area (Å²) in [5, 5.41) is 3.24. The van der Waals surface area contributed by atoms with Gasteiger partial charge in [-0.05, 0) is 24.6 Å². The van der Waals surface area contributed by atoms with Crippen molar-refractivity contribution in [1.29, 1.82) is 0 Å². The lowest BCUT2D eigenvalue weighted by Gasteiger charge is -2.20. The Morgan fingerprint density at radius 3 is 2.89 bits per heavy atom. The minimum Gasteiger partial charge on any atom is -0.373 e. The van der Waals surface area contributed by atoms with Gasteiger partial charge >= 0.3 is 0 Å². The molecule has 1 aromatic rings. The summed E-state index contributed by atoms with van der Waals surface area (Å²) >= 11 is 0. The summed E-state index contributed by atoms with van der Waals surface area (Å²) < 4.78 is 35.7. The van der Waals surface area contributed by atoms with Crippen LogP contribution in [0.3, 0.4) is 0 Å². The zero-order chi connectivity index (χ0) is 13.9. The average Bonchev–Trinajstić information content (AvgIpc) is 2.69. The van der Waals surface area contributed by atoms with E-state index in [2.05, 4.69) is 5.32 Å². The van der Waals surface area contributed by atoms with Crippen molar-refractivity contribution in [3.05, 3.63) is 30.1 Å². The van der Waals surface area contributed by atoms with Crippen molar-refractivity contribution >= 4 is 15.5 Å². The number of nitrogens with zero attached hydrogens (tertiary/aromatic N) is 1. The first kappa shape index (κ1) is 14.3. The SMILES string of the molecule is CN(CCNC1CCS(=O)(=O)C1)c1cccc(F)c1. The number of sulfone groups is 1. The molecule has 1 aliphatic heterocycles. The molecule has 1 saturated heterocycles. The molecular weight excluding hydrogens is 267 g/mol. The molecule has 4 nitrogen and oxygen atoms in total. The molecule has 106 valence electrons. The molecule has 0 saturated carbocycles. The van der Waals surface area contributed by atoms with Gasteiger partial charge in [-0.15, -0.1) is 0 Å². The molecule has 0 aliphatic carbocycles. The lowest BCUT2D eigenvalue weighted by atomic mass is 10.2. The fraction of sp³-hybridized carbons (Fsp3) is 0.538. The highest BCUT2D eigenvalue weighted by Crippen LogP contribution is 2.14. The summed E-state index contributed by atoms with van der Waals surface area (Å²) in [5.74, 6) is 0.264. The lowest BCUT2D eigenvalue weighted by molar-refractivity contribution is 0.556.